The second-order valence-corrected chi connectivity index (χ2v) is 6.36. The number of nitrogens with one attached hydrogen (secondary N) is 1. The lowest BCUT2D eigenvalue weighted by molar-refractivity contribution is -0.121. The molecule has 9 heteroatoms. The van der Waals surface area contributed by atoms with E-state index in [1.165, 1.54) is 17.9 Å². The first-order valence-electron chi connectivity index (χ1n) is 6.38. The van der Waals surface area contributed by atoms with Crippen LogP contribution in [0.2, 0.25) is 0 Å². The molecule has 0 aliphatic rings. The van der Waals surface area contributed by atoms with Gasteiger partial charge in [0.05, 0.1) is 6.54 Å². The zero-order valence-corrected chi connectivity index (χ0v) is 12.8. The zero-order chi connectivity index (χ0) is 15.3. The van der Waals surface area contributed by atoms with Crippen molar-refractivity contribution in [1.82, 2.24) is 19.4 Å². The fourth-order valence-electron chi connectivity index (χ4n) is 1.55. The lowest BCUT2D eigenvalue weighted by Gasteiger charge is -2.15. The first-order chi connectivity index (χ1) is 9.32. The molecule has 0 bridgehead atoms. The van der Waals surface area contributed by atoms with Crippen LogP contribution in [0.5, 0.6) is 0 Å². The number of carbonyl (C=O) groups excluding carboxylic acids is 1. The van der Waals surface area contributed by atoms with E-state index in [2.05, 4.69) is 10.4 Å². The van der Waals surface area contributed by atoms with Gasteiger partial charge in [0.25, 0.3) is 0 Å². The SMILES string of the molecule is CCCNC(=O)CN(C)S(=O)(=O)c1cn(CC)nc1N. The Morgan fingerprint density at radius 1 is 1.50 bits per heavy atom. The van der Waals surface area contributed by atoms with Crippen LogP contribution < -0.4 is 11.1 Å². The first-order valence-corrected chi connectivity index (χ1v) is 7.82. The molecule has 20 heavy (non-hydrogen) atoms. The number of hydrogen-bond acceptors (Lipinski definition) is 5. The van der Waals surface area contributed by atoms with Gasteiger partial charge in [0.15, 0.2) is 5.82 Å². The van der Waals surface area contributed by atoms with Crippen LogP contribution in [0.1, 0.15) is 20.3 Å². The summed E-state index contributed by atoms with van der Waals surface area (Å²) < 4.78 is 27.0. The summed E-state index contributed by atoms with van der Waals surface area (Å²) in [6.45, 7) is 4.52. The van der Waals surface area contributed by atoms with E-state index in [-0.39, 0.29) is 23.2 Å². The topological polar surface area (TPSA) is 110 Å². The third kappa shape index (κ3) is 3.70. The predicted molar refractivity (Wildman–Crippen MR) is 75.4 cm³/mol. The molecule has 0 saturated heterocycles. The number of rotatable bonds is 7. The predicted octanol–water partition coefficient (Wildman–Crippen LogP) is -0.368. The maximum atomic E-state index is 12.3. The molecule has 0 aromatic carbocycles. The lowest BCUT2D eigenvalue weighted by Crippen LogP contribution is -2.38. The molecule has 8 nitrogen and oxygen atoms in total. The molecule has 114 valence electrons. The average Bonchev–Trinajstić information content (AvgIpc) is 2.78. The average molecular weight is 303 g/mol. The molecule has 0 spiro atoms. The second-order valence-electron chi connectivity index (χ2n) is 4.35. The standard InChI is InChI=1S/C11H21N5O3S/c1-4-6-13-10(17)8-15(3)20(18,19)9-7-16(5-2)14-11(9)12/h7H,4-6,8H2,1-3H3,(H2,12,14)(H,13,17). The Labute approximate surface area is 119 Å². The van der Waals surface area contributed by atoms with Crippen molar-refractivity contribution < 1.29 is 13.2 Å². The number of aromatic nitrogens is 2. The number of anilines is 1. The van der Waals surface area contributed by atoms with E-state index in [0.717, 1.165) is 10.7 Å². The van der Waals surface area contributed by atoms with Gasteiger partial charge in [0, 0.05) is 26.3 Å². The summed E-state index contributed by atoms with van der Waals surface area (Å²) in [4.78, 5) is 11.5. The van der Waals surface area contributed by atoms with Crippen LogP contribution in [0.4, 0.5) is 5.82 Å². The molecule has 1 aromatic heterocycles. The zero-order valence-electron chi connectivity index (χ0n) is 12.0. The lowest BCUT2D eigenvalue weighted by atomic mass is 10.4. The molecular weight excluding hydrogens is 282 g/mol. The van der Waals surface area contributed by atoms with Crippen molar-refractivity contribution in [3.63, 3.8) is 0 Å². The van der Waals surface area contributed by atoms with Crippen LogP contribution in [-0.4, -0.2) is 48.5 Å². The third-order valence-corrected chi connectivity index (χ3v) is 4.53. The first kappa shape index (κ1) is 16.4. The highest BCUT2D eigenvalue weighted by Gasteiger charge is 2.27. The van der Waals surface area contributed by atoms with Crippen molar-refractivity contribution in [2.45, 2.75) is 31.7 Å². The maximum absolute atomic E-state index is 12.3. The minimum absolute atomic E-state index is 0.0623. The maximum Gasteiger partial charge on any atom is 0.248 e. The molecule has 1 rings (SSSR count). The summed E-state index contributed by atoms with van der Waals surface area (Å²) in [5.41, 5.74) is 5.61. The van der Waals surface area contributed by atoms with Crippen molar-refractivity contribution in [3.8, 4) is 0 Å². The van der Waals surface area contributed by atoms with Gasteiger partial charge in [0.1, 0.15) is 4.90 Å². The minimum atomic E-state index is -3.81. The van der Waals surface area contributed by atoms with Gasteiger partial charge in [0.2, 0.25) is 15.9 Å². The highest BCUT2D eigenvalue weighted by molar-refractivity contribution is 7.89. The summed E-state index contributed by atoms with van der Waals surface area (Å²) in [5.74, 6) is -0.410. The highest BCUT2D eigenvalue weighted by atomic mass is 32.2. The fraction of sp³-hybridized carbons (Fsp3) is 0.636. The largest absolute Gasteiger partial charge is 0.381 e. The Balaban J connectivity index is 2.86. The molecule has 0 aliphatic heterocycles. The molecule has 3 N–H and O–H groups in total. The van der Waals surface area contributed by atoms with Crippen molar-refractivity contribution in [2.75, 3.05) is 25.9 Å². The van der Waals surface area contributed by atoms with E-state index in [1.54, 1.807) is 0 Å². The Morgan fingerprint density at radius 3 is 2.65 bits per heavy atom. The van der Waals surface area contributed by atoms with E-state index in [4.69, 9.17) is 5.73 Å². The van der Waals surface area contributed by atoms with Crippen LogP contribution in [0.3, 0.4) is 0 Å². The van der Waals surface area contributed by atoms with Crippen molar-refractivity contribution in [2.24, 2.45) is 0 Å². The van der Waals surface area contributed by atoms with Crippen molar-refractivity contribution in [1.29, 1.82) is 0 Å². The number of aryl methyl sites for hydroxylation is 1. The molecule has 1 aromatic rings. The van der Waals surface area contributed by atoms with Gasteiger partial charge in [-0.25, -0.2) is 8.42 Å². The third-order valence-electron chi connectivity index (χ3n) is 2.71. The normalized spacial score (nSPS) is 11.8. The molecule has 0 aliphatic carbocycles. The van der Waals surface area contributed by atoms with Crippen LogP contribution in [0, 0.1) is 0 Å². The number of sulfonamides is 1. The quantitative estimate of drug-likeness (QED) is 0.714. The number of nitrogens with two attached hydrogens (primary N) is 1. The van der Waals surface area contributed by atoms with Gasteiger partial charge < -0.3 is 11.1 Å². The number of hydrogen-bond donors (Lipinski definition) is 2. The Morgan fingerprint density at radius 2 is 2.15 bits per heavy atom. The monoisotopic (exact) mass is 303 g/mol. The summed E-state index contributed by atoms with van der Waals surface area (Å²) >= 11 is 0. The van der Waals surface area contributed by atoms with E-state index in [1.807, 2.05) is 13.8 Å². The van der Waals surface area contributed by atoms with Crippen LogP contribution >= 0.6 is 0 Å². The van der Waals surface area contributed by atoms with Crippen LogP contribution in [0.15, 0.2) is 11.1 Å². The number of nitrogens with zero attached hydrogens (tertiary/aromatic N) is 3. The number of nitrogen functional groups attached to an aromatic ring is 1. The van der Waals surface area contributed by atoms with Gasteiger partial charge in [-0.05, 0) is 13.3 Å². The van der Waals surface area contributed by atoms with Gasteiger partial charge in [-0.1, -0.05) is 6.92 Å². The van der Waals surface area contributed by atoms with Crippen molar-refractivity contribution in [3.05, 3.63) is 6.20 Å². The van der Waals surface area contributed by atoms with Gasteiger partial charge in [-0.15, -0.1) is 0 Å². The Kier molecular flexibility index (Phi) is 5.52. The minimum Gasteiger partial charge on any atom is -0.381 e. The summed E-state index contributed by atoms with van der Waals surface area (Å²) in [6, 6.07) is 0. The second kappa shape index (κ2) is 6.71. The van der Waals surface area contributed by atoms with E-state index in [9.17, 15) is 13.2 Å². The summed E-state index contributed by atoms with van der Waals surface area (Å²) in [5, 5.41) is 6.52. The van der Waals surface area contributed by atoms with Gasteiger partial charge in [-0.2, -0.15) is 9.40 Å². The molecular formula is C11H21N5O3S. The Hall–Kier alpha value is -1.61. The summed E-state index contributed by atoms with van der Waals surface area (Å²) in [7, 11) is -2.48. The fourth-order valence-corrected chi connectivity index (χ4v) is 2.74. The van der Waals surface area contributed by atoms with E-state index >= 15 is 0 Å². The molecule has 1 heterocycles. The molecule has 0 atom stereocenters. The van der Waals surface area contributed by atoms with Crippen LogP contribution in [0.25, 0.3) is 0 Å². The number of amides is 1. The summed E-state index contributed by atoms with van der Waals surface area (Å²) in [6.07, 6.45) is 2.16. The molecule has 0 fully saturated rings. The highest BCUT2D eigenvalue weighted by Crippen LogP contribution is 2.19. The molecule has 0 radical (unpaired) electrons. The molecule has 0 saturated carbocycles. The smallest absolute Gasteiger partial charge is 0.248 e. The number of carbonyl (C=O) groups is 1. The van der Waals surface area contributed by atoms with Gasteiger partial charge in [-0.3, -0.25) is 9.48 Å². The van der Waals surface area contributed by atoms with Gasteiger partial charge >= 0.3 is 0 Å². The Bertz CT molecular complexity index is 567. The van der Waals surface area contributed by atoms with Crippen molar-refractivity contribution >= 4 is 21.7 Å². The van der Waals surface area contributed by atoms with E-state index < -0.39 is 10.0 Å². The molecule has 1 amide bonds. The number of likely N-dealkylation sites (N-methyl/N-ethyl adjacent to an activating group) is 1. The van der Waals surface area contributed by atoms with Crippen LogP contribution in [-0.2, 0) is 21.4 Å². The molecule has 0 unspecified atom stereocenters. The van der Waals surface area contributed by atoms with E-state index in [0.29, 0.717) is 13.1 Å².